The maximum atomic E-state index is 12.3. The first-order valence-corrected chi connectivity index (χ1v) is 8.55. The van der Waals surface area contributed by atoms with E-state index < -0.39 is 5.97 Å². The first kappa shape index (κ1) is 16.6. The van der Waals surface area contributed by atoms with Crippen molar-refractivity contribution in [2.45, 2.75) is 6.92 Å². The highest BCUT2D eigenvalue weighted by atomic mass is 127. The Balaban J connectivity index is 1.90. The summed E-state index contributed by atoms with van der Waals surface area (Å²) in [4.78, 5) is 12.3. The van der Waals surface area contributed by atoms with Crippen molar-refractivity contribution in [3.63, 3.8) is 0 Å². The van der Waals surface area contributed by atoms with Gasteiger partial charge in [0.25, 0.3) is 0 Å². The lowest BCUT2D eigenvalue weighted by Gasteiger charge is -2.11. The summed E-state index contributed by atoms with van der Waals surface area (Å²) in [6.45, 7) is 2.30. The second-order valence-electron chi connectivity index (χ2n) is 4.99. The van der Waals surface area contributed by atoms with Crippen LogP contribution in [0, 0.1) is 3.57 Å². The Kier molecular flexibility index (Phi) is 5.24. The van der Waals surface area contributed by atoms with Crippen molar-refractivity contribution in [3.8, 4) is 11.5 Å². The van der Waals surface area contributed by atoms with Crippen LogP contribution in [0.25, 0.3) is 6.08 Å². The van der Waals surface area contributed by atoms with Crippen molar-refractivity contribution in [1.29, 1.82) is 0 Å². The summed E-state index contributed by atoms with van der Waals surface area (Å²) in [5, 5.41) is 3.12. The number of hydrogen-bond donors (Lipinski definition) is 1. The topological polar surface area (TPSA) is 56.8 Å². The lowest BCUT2D eigenvalue weighted by molar-refractivity contribution is -0.138. The zero-order chi connectivity index (χ0) is 16.9. The summed E-state index contributed by atoms with van der Waals surface area (Å²) >= 11 is 2.23. The normalized spacial score (nSPS) is 12.8. The van der Waals surface area contributed by atoms with Gasteiger partial charge in [-0.1, -0.05) is 18.2 Å². The molecule has 1 aliphatic heterocycles. The number of nitrogens with one attached hydrogen (secondary N) is 1. The van der Waals surface area contributed by atoms with E-state index in [0.717, 1.165) is 14.8 Å². The molecule has 5 nitrogen and oxygen atoms in total. The molecule has 0 radical (unpaired) electrons. The van der Waals surface area contributed by atoms with Crippen LogP contribution in [0.4, 0.5) is 5.69 Å². The fourth-order valence-corrected chi connectivity index (χ4v) is 2.78. The van der Waals surface area contributed by atoms with Crippen LogP contribution in [0.15, 0.2) is 48.2 Å². The van der Waals surface area contributed by atoms with Gasteiger partial charge in [-0.05, 0) is 59.4 Å². The van der Waals surface area contributed by atoms with Gasteiger partial charge in [0, 0.05) is 15.3 Å². The highest BCUT2D eigenvalue weighted by Gasteiger charge is 2.16. The molecule has 0 amide bonds. The molecule has 0 spiro atoms. The van der Waals surface area contributed by atoms with Gasteiger partial charge in [0.1, 0.15) is 5.70 Å². The second kappa shape index (κ2) is 7.57. The van der Waals surface area contributed by atoms with Crippen molar-refractivity contribution >= 4 is 40.3 Å². The van der Waals surface area contributed by atoms with E-state index in [2.05, 4.69) is 27.9 Å². The van der Waals surface area contributed by atoms with Gasteiger partial charge >= 0.3 is 5.97 Å². The molecule has 0 bridgehead atoms. The van der Waals surface area contributed by atoms with E-state index in [1.54, 1.807) is 25.1 Å². The molecule has 0 unspecified atom stereocenters. The molecule has 6 heteroatoms. The van der Waals surface area contributed by atoms with Crippen LogP contribution >= 0.6 is 22.6 Å². The minimum Gasteiger partial charge on any atom is -0.461 e. The molecule has 2 aromatic carbocycles. The van der Waals surface area contributed by atoms with Crippen LogP contribution in [0.3, 0.4) is 0 Å². The van der Waals surface area contributed by atoms with E-state index in [9.17, 15) is 4.79 Å². The zero-order valence-electron chi connectivity index (χ0n) is 13.0. The maximum Gasteiger partial charge on any atom is 0.354 e. The number of halogens is 1. The van der Waals surface area contributed by atoms with Crippen molar-refractivity contribution in [2.24, 2.45) is 0 Å². The number of carbonyl (C=O) groups excluding carboxylic acids is 1. The molecule has 0 fully saturated rings. The quantitative estimate of drug-likeness (QED) is 0.435. The molecule has 24 heavy (non-hydrogen) atoms. The molecule has 0 saturated heterocycles. The second-order valence-corrected chi connectivity index (χ2v) is 6.16. The third-order valence-electron chi connectivity index (χ3n) is 3.35. The van der Waals surface area contributed by atoms with Gasteiger partial charge in [-0.25, -0.2) is 4.79 Å². The number of benzene rings is 2. The van der Waals surface area contributed by atoms with E-state index in [0.29, 0.717) is 23.8 Å². The lowest BCUT2D eigenvalue weighted by atomic mass is 10.2. The van der Waals surface area contributed by atoms with Crippen LogP contribution in [0.1, 0.15) is 12.5 Å². The summed E-state index contributed by atoms with van der Waals surface area (Å²) in [5.74, 6) is 0.937. The molecular formula is C18H16INO4. The van der Waals surface area contributed by atoms with E-state index in [1.165, 1.54) is 0 Å². The van der Waals surface area contributed by atoms with Gasteiger partial charge in [0.15, 0.2) is 11.5 Å². The number of anilines is 1. The minimum atomic E-state index is -0.408. The summed E-state index contributed by atoms with van der Waals surface area (Å²) < 4.78 is 16.9. The Morgan fingerprint density at radius 3 is 2.83 bits per heavy atom. The Hall–Kier alpha value is -2.22. The van der Waals surface area contributed by atoms with Gasteiger partial charge in [-0.2, -0.15) is 0 Å². The van der Waals surface area contributed by atoms with E-state index in [1.807, 2.05) is 30.3 Å². The fraction of sp³-hybridized carbons (Fsp3) is 0.167. The molecule has 1 aliphatic rings. The van der Waals surface area contributed by atoms with Crippen LogP contribution in [0.2, 0.25) is 0 Å². The van der Waals surface area contributed by atoms with E-state index in [4.69, 9.17) is 14.2 Å². The highest BCUT2D eigenvalue weighted by molar-refractivity contribution is 14.1. The van der Waals surface area contributed by atoms with Crippen molar-refractivity contribution < 1.29 is 19.0 Å². The predicted octanol–water partition coefficient (Wildman–Crippen LogP) is 4.04. The molecular weight excluding hydrogens is 421 g/mol. The molecule has 0 aliphatic carbocycles. The Bertz CT molecular complexity index is 788. The minimum absolute atomic E-state index is 0.210. The SMILES string of the molecule is CCOC(=O)/C(=C\c1ccccc1I)Nc1ccc2c(c1)OCO2. The van der Waals surface area contributed by atoms with Crippen molar-refractivity contribution in [3.05, 3.63) is 57.3 Å². The Labute approximate surface area is 153 Å². The first-order valence-electron chi connectivity index (χ1n) is 7.47. The molecule has 1 N–H and O–H groups in total. The van der Waals surface area contributed by atoms with Crippen molar-refractivity contribution in [2.75, 3.05) is 18.7 Å². The lowest BCUT2D eigenvalue weighted by Crippen LogP contribution is -2.14. The summed E-state index contributed by atoms with van der Waals surface area (Å²) in [7, 11) is 0. The third kappa shape index (κ3) is 3.81. The van der Waals surface area contributed by atoms with Crippen LogP contribution in [-0.4, -0.2) is 19.4 Å². The van der Waals surface area contributed by atoms with Gasteiger partial charge in [-0.15, -0.1) is 0 Å². The zero-order valence-corrected chi connectivity index (χ0v) is 15.2. The molecule has 1 heterocycles. The average molecular weight is 437 g/mol. The molecule has 0 aromatic heterocycles. The third-order valence-corrected chi connectivity index (χ3v) is 4.33. The largest absolute Gasteiger partial charge is 0.461 e. The predicted molar refractivity (Wildman–Crippen MR) is 100.0 cm³/mol. The summed E-state index contributed by atoms with van der Waals surface area (Å²) in [5.41, 5.74) is 2.03. The van der Waals surface area contributed by atoms with Crippen LogP contribution in [0.5, 0.6) is 11.5 Å². The van der Waals surface area contributed by atoms with Crippen molar-refractivity contribution in [1.82, 2.24) is 0 Å². The molecule has 2 aromatic rings. The maximum absolute atomic E-state index is 12.3. The molecule has 0 saturated carbocycles. The van der Waals surface area contributed by atoms with E-state index >= 15 is 0 Å². The summed E-state index contributed by atoms with van der Waals surface area (Å²) in [6.07, 6.45) is 1.78. The van der Waals surface area contributed by atoms with Crippen LogP contribution < -0.4 is 14.8 Å². The molecule has 0 atom stereocenters. The Morgan fingerprint density at radius 2 is 2.04 bits per heavy atom. The van der Waals surface area contributed by atoms with Gasteiger partial charge in [0.05, 0.1) is 6.61 Å². The summed E-state index contributed by atoms with van der Waals surface area (Å²) in [6, 6.07) is 13.2. The van der Waals surface area contributed by atoms with Crippen LogP contribution in [-0.2, 0) is 9.53 Å². The van der Waals surface area contributed by atoms with Gasteiger partial charge in [-0.3, -0.25) is 0 Å². The monoisotopic (exact) mass is 437 g/mol. The number of carbonyl (C=O) groups is 1. The molecule has 124 valence electrons. The highest BCUT2D eigenvalue weighted by Crippen LogP contribution is 2.34. The Morgan fingerprint density at radius 1 is 1.25 bits per heavy atom. The smallest absolute Gasteiger partial charge is 0.354 e. The molecule has 3 rings (SSSR count). The van der Waals surface area contributed by atoms with E-state index in [-0.39, 0.29) is 6.79 Å². The van der Waals surface area contributed by atoms with Gasteiger partial charge < -0.3 is 19.5 Å². The average Bonchev–Trinajstić information content (AvgIpc) is 3.04. The first-order chi connectivity index (χ1) is 11.7. The number of fused-ring (bicyclic) bond motifs is 1. The number of hydrogen-bond acceptors (Lipinski definition) is 5. The number of ether oxygens (including phenoxy) is 3. The van der Waals surface area contributed by atoms with Gasteiger partial charge in [0.2, 0.25) is 6.79 Å². The number of rotatable bonds is 5. The number of esters is 1. The fourth-order valence-electron chi connectivity index (χ4n) is 2.23. The standard InChI is InChI=1S/C18H16INO4/c1-2-22-18(21)15(9-12-5-3-4-6-14(12)19)20-13-7-8-16-17(10-13)24-11-23-16/h3-10,20H,2,11H2,1H3/b15-9+.